The number of ether oxygens (including phenoxy) is 1. The number of rotatable bonds is 5. The van der Waals surface area contributed by atoms with Crippen molar-refractivity contribution in [3.63, 3.8) is 0 Å². The van der Waals surface area contributed by atoms with Crippen LogP contribution in [0.5, 0.6) is 5.88 Å². The molecule has 134 valence electrons. The number of fused-ring (bicyclic) bond motifs is 1. The van der Waals surface area contributed by atoms with Crippen LogP contribution in [0.15, 0.2) is 59.6 Å². The predicted octanol–water partition coefficient (Wildman–Crippen LogP) is 1.46. The zero-order chi connectivity index (χ0) is 18.0. The Morgan fingerprint density at radius 2 is 1.85 bits per heavy atom. The predicted molar refractivity (Wildman–Crippen MR) is 92.6 cm³/mol. The van der Waals surface area contributed by atoms with Crippen LogP contribution in [0.3, 0.4) is 0 Å². The minimum absolute atomic E-state index is 0.186. The Balaban J connectivity index is 1.54. The zero-order valence-electron chi connectivity index (χ0n) is 13.9. The number of aromatic nitrogens is 4. The third-order valence-corrected chi connectivity index (χ3v) is 6.04. The van der Waals surface area contributed by atoms with Crippen LogP contribution >= 0.6 is 0 Å². The van der Waals surface area contributed by atoms with Gasteiger partial charge in [-0.15, -0.1) is 5.10 Å². The van der Waals surface area contributed by atoms with Gasteiger partial charge in [-0.2, -0.15) is 4.31 Å². The molecule has 1 aliphatic rings. The number of nitrogens with zero attached hydrogens (tertiary/aromatic N) is 5. The van der Waals surface area contributed by atoms with E-state index in [2.05, 4.69) is 15.3 Å². The summed E-state index contributed by atoms with van der Waals surface area (Å²) in [6.45, 7) is 1.21. The number of benzene rings is 1. The first-order chi connectivity index (χ1) is 12.6. The van der Waals surface area contributed by atoms with Crippen LogP contribution in [0.25, 0.3) is 0 Å². The summed E-state index contributed by atoms with van der Waals surface area (Å²) in [4.78, 5) is 4.39. The molecule has 0 atom stereocenters. The maximum absolute atomic E-state index is 12.8. The van der Waals surface area contributed by atoms with Crippen molar-refractivity contribution >= 4 is 10.0 Å². The average Bonchev–Trinajstić information content (AvgIpc) is 3.10. The second-order valence-electron chi connectivity index (χ2n) is 5.81. The van der Waals surface area contributed by atoms with Gasteiger partial charge < -0.3 is 4.74 Å². The number of sulfonamides is 1. The molecule has 26 heavy (non-hydrogen) atoms. The Bertz CT molecular complexity index is 990. The van der Waals surface area contributed by atoms with Gasteiger partial charge in [0, 0.05) is 18.8 Å². The Morgan fingerprint density at radius 3 is 2.62 bits per heavy atom. The quantitative estimate of drug-likeness (QED) is 0.674. The number of pyridine rings is 1. The van der Waals surface area contributed by atoms with Crippen molar-refractivity contribution in [2.24, 2.45) is 0 Å². The first-order valence-electron chi connectivity index (χ1n) is 8.15. The fourth-order valence-corrected chi connectivity index (χ4v) is 4.22. The molecule has 0 radical (unpaired) electrons. The van der Waals surface area contributed by atoms with Gasteiger partial charge in [-0.3, -0.25) is 0 Å². The first kappa shape index (κ1) is 16.7. The van der Waals surface area contributed by atoms with Crippen LogP contribution < -0.4 is 4.74 Å². The summed E-state index contributed by atoms with van der Waals surface area (Å²) in [5.41, 5.74) is 1.36. The van der Waals surface area contributed by atoms with E-state index in [1.54, 1.807) is 53.3 Å². The molecule has 0 spiro atoms. The van der Waals surface area contributed by atoms with E-state index < -0.39 is 10.0 Å². The van der Waals surface area contributed by atoms with Crippen molar-refractivity contribution in [1.29, 1.82) is 0 Å². The molecule has 3 heterocycles. The number of hydrogen-bond acceptors (Lipinski definition) is 6. The van der Waals surface area contributed by atoms with E-state index in [0.29, 0.717) is 24.7 Å². The van der Waals surface area contributed by atoms with E-state index >= 15 is 0 Å². The van der Waals surface area contributed by atoms with Gasteiger partial charge in [-0.25, -0.2) is 18.1 Å². The van der Waals surface area contributed by atoms with E-state index in [9.17, 15) is 8.42 Å². The standard InChI is InChI=1S/C17H17N5O3S/c23-26(24,14-6-2-1-3-7-14)21-10-11-22-16(12-21)15(19-20-22)13-25-17-8-4-5-9-18-17/h1-9H,10-13H2. The molecule has 4 rings (SSSR count). The molecular weight excluding hydrogens is 354 g/mol. The highest BCUT2D eigenvalue weighted by molar-refractivity contribution is 7.89. The van der Waals surface area contributed by atoms with Gasteiger partial charge in [-0.1, -0.05) is 29.5 Å². The van der Waals surface area contributed by atoms with Gasteiger partial charge in [0.2, 0.25) is 15.9 Å². The normalized spacial score (nSPS) is 14.8. The van der Waals surface area contributed by atoms with Crippen molar-refractivity contribution in [2.45, 2.75) is 24.6 Å². The van der Waals surface area contributed by atoms with E-state index in [-0.39, 0.29) is 18.0 Å². The van der Waals surface area contributed by atoms with Crippen LogP contribution in [-0.4, -0.2) is 39.2 Å². The lowest BCUT2D eigenvalue weighted by Crippen LogP contribution is -2.38. The maximum Gasteiger partial charge on any atom is 0.243 e. The molecule has 9 heteroatoms. The average molecular weight is 371 g/mol. The Morgan fingerprint density at radius 1 is 1.04 bits per heavy atom. The highest BCUT2D eigenvalue weighted by Crippen LogP contribution is 2.23. The van der Waals surface area contributed by atoms with E-state index in [1.807, 2.05) is 6.07 Å². The lowest BCUT2D eigenvalue weighted by Gasteiger charge is -2.27. The molecule has 0 unspecified atom stereocenters. The molecule has 1 aromatic carbocycles. The summed E-state index contributed by atoms with van der Waals surface area (Å²) in [7, 11) is -3.56. The monoisotopic (exact) mass is 371 g/mol. The van der Waals surface area contributed by atoms with Crippen LogP contribution in [0.4, 0.5) is 0 Å². The largest absolute Gasteiger partial charge is 0.471 e. The summed E-state index contributed by atoms with van der Waals surface area (Å²) in [6.07, 6.45) is 1.64. The third-order valence-electron chi connectivity index (χ3n) is 4.18. The van der Waals surface area contributed by atoms with E-state index in [0.717, 1.165) is 5.69 Å². The van der Waals surface area contributed by atoms with Crippen molar-refractivity contribution < 1.29 is 13.2 Å². The number of hydrogen-bond donors (Lipinski definition) is 0. The van der Waals surface area contributed by atoms with E-state index in [4.69, 9.17) is 4.74 Å². The summed E-state index contributed by atoms with van der Waals surface area (Å²) in [6, 6.07) is 13.8. The van der Waals surface area contributed by atoms with Crippen molar-refractivity contribution in [2.75, 3.05) is 6.54 Å². The molecule has 0 bridgehead atoms. The fourth-order valence-electron chi connectivity index (χ4n) is 2.81. The highest BCUT2D eigenvalue weighted by atomic mass is 32.2. The van der Waals surface area contributed by atoms with Crippen LogP contribution in [-0.2, 0) is 29.7 Å². The second-order valence-corrected chi connectivity index (χ2v) is 7.75. The topological polar surface area (TPSA) is 90.2 Å². The molecule has 1 aliphatic heterocycles. The van der Waals surface area contributed by atoms with Crippen molar-refractivity contribution in [3.8, 4) is 5.88 Å². The van der Waals surface area contributed by atoms with Gasteiger partial charge in [0.05, 0.1) is 23.7 Å². The molecule has 8 nitrogen and oxygen atoms in total. The maximum atomic E-state index is 12.8. The minimum atomic E-state index is -3.56. The van der Waals surface area contributed by atoms with Crippen LogP contribution in [0.2, 0.25) is 0 Å². The minimum Gasteiger partial charge on any atom is -0.471 e. The van der Waals surface area contributed by atoms with Gasteiger partial charge in [-0.05, 0) is 18.2 Å². The Kier molecular flexibility index (Phi) is 4.39. The molecule has 0 aliphatic carbocycles. The summed E-state index contributed by atoms with van der Waals surface area (Å²) < 4.78 is 34.5. The molecule has 0 fully saturated rings. The molecular formula is C17H17N5O3S. The molecule has 0 saturated carbocycles. The second kappa shape index (κ2) is 6.85. The highest BCUT2D eigenvalue weighted by Gasteiger charge is 2.30. The van der Waals surface area contributed by atoms with Crippen LogP contribution in [0, 0.1) is 0 Å². The Labute approximate surface area is 151 Å². The molecule has 3 aromatic rings. The molecule has 0 N–H and O–H groups in total. The fraction of sp³-hybridized carbons (Fsp3) is 0.235. The lowest BCUT2D eigenvalue weighted by molar-refractivity contribution is 0.281. The Hall–Kier alpha value is -2.78. The lowest BCUT2D eigenvalue weighted by atomic mass is 10.3. The third kappa shape index (κ3) is 3.18. The molecule has 2 aromatic heterocycles. The SMILES string of the molecule is O=S(=O)(c1ccccc1)N1CCn2nnc(COc3ccccn3)c2C1. The first-order valence-corrected chi connectivity index (χ1v) is 9.59. The smallest absolute Gasteiger partial charge is 0.243 e. The van der Waals surface area contributed by atoms with E-state index in [1.165, 1.54) is 4.31 Å². The summed E-state index contributed by atoms with van der Waals surface area (Å²) >= 11 is 0. The van der Waals surface area contributed by atoms with Crippen molar-refractivity contribution in [1.82, 2.24) is 24.3 Å². The van der Waals surface area contributed by atoms with Crippen LogP contribution in [0.1, 0.15) is 11.4 Å². The van der Waals surface area contributed by atoms with Gasteiger partial charge in [0.1, 0.15) is 12.3 Å². The van der Waals surface area contributed by atoms with Crippen molar-refractivity contribution in [3.05, 3.63) is 66.1 Å². The van der Waals surface area contributed by atoms with Gasteiger partial charge in [0.15, 0.2) is 0 Å². The zero-order valence-corrected chi connectivity index (χ0v) is 14.7. The molecule has 0 saturated heterocycles. The molecule has 0 amide bonds. The van der Waals surface area contributed by atoms with Gasteiger partial charge in [0.25, 0.3) is 0 Å². The van der Waals surface area contributed by atoms with Gasteiger partial charge >= 0.3 is 0 Å². The summed E-state index contributed by atoms with van der Waals surface area (Å²) in [5.74, 6) is 0.485. The summed E-state index contributed by atoms with van der Waals surface area (Å²) in [5, 5.41) is 8.24.